The molecule has 1 aliphatic carbocycles. The van der Waals surface area contributed by atoms with Crippen molar-refractivity contribution in [3.8, 4) is 0 Å². The van der Waals surface area contributed by atoms with E-state index < -0.39 is 11.7 Å². The number of hydrogen-bond donors (Lipinski definition) is 0. The molecule has 0 saturated carbocycles. The van der Waals surface area contributed by atoms with E-state index in [1.165, 1.54) is 13.2 Å². The lowest BCUT2D eigenvalue weighted by Gasteiger charge is -2.17. The van der Waals surface area contributed by atoms with E-state index in [0.717, 1.165) is 16.7 Å². The van der Waals surface area contributed by atoms with Crippen LogP contribution in [0.4, 0.5) is 13.2 Å². The molecule has 1 aromatic carbocycles. The van der Waals surface area contributed by atoms with Crippen LogP contribution in [0.3, 0.4) is 0 Å². The second-order valence-electron chi connectivity index (χ2n) is 7.20. The van der Waals surface area contributed by atoms with Gasteiger partial charge in [-0.2, -0.15) is 13.2 Å². The predicted molar refractivity (Wildman–Crippen MR) is 105 cm³/mol. The van der Waals surface area contributed by atoms with Gasteiger partial charge < -0.3 is 9.30 Å². The predicted octanol–water partition coefficient (Wildman–Crippen LogP) is 3.60. The Bertz CT molecular complexity index is 946. The Kier molecular flexibility index (Phi) is 6.71. The summed E-state index contributed by atoms with van der Waals surface area (Å²) in [6.07, 6.45) is 0.458. The van der Waals surface area contributed by atoms with Crippen molar-refractivity contribution in [1.29, 1.82) is 0 Å². The molecule has 0 aliphatic heterocycles. The summed E-state index contributed by atoms with van der Waals surface area (Å²) in [6.45, 7) is 1.14. The molecular formula is C21H23F3N4O2. The summed E-state index contributed by atoms with van der Waals surface area (Å²) in [5, 5.41) is 8.07. The van der Waals surface area contributed by atoms with E-state index in [0.29, 0.717) is 25.3 Å². The molecular weight excluding hydrogens is 397 g/mol. The van der Waals surface area contributed by atoms with Gasteiger partial charge in [0.15, 0.2) is 0 Å². The normalized spacial score (nSPS) is 14.5. The smallest absolute Gasteiger partial charge is 0.412 e. The molecule has 0 radical (unpaired) electrons. The Labute approximate surface area is 172 Å². The number of hydrogen-bond acceptors (Lipinski definition) is 5. The van der Waals surface area contributed by atoms with Crippen LogP contribution in [-0.4, -0.2) is 52.5 Å². The van der Waals surface area contributed by atoms with Crippen molar-refractivity contribution in [2.24, 2.45) is 0 Å². The maximum absolute atomic E-state index is 12.8. The van der Waals surface area contributed by atoms with Gasteiger partial charge in [-0.3, -0.25) is 9.69 Å². The molecule has 1 heterocycles. The lowest BCUT2D eigenvalue weighted by atomic mass is 9.92. The zero-order valence-electron chi connectivity index (χ0n) is 16.8. The molecule has 0 unspecified atom stereocenters. The fraction of sp³-hybridized carbons (Fsp3) is 0.381. The number of carbonyl (C=O) groups excluding carboxylic acids is 1. The molecule has 0 spiro atoms. The van der Waals surface area contributed by atoms with Crippen LogP contribution in [0.15, 0.2) is 48.3 Å². The Morgan fingerprint density at radius 3 is 2.53 bits per heavy atom. The first kappa shape index (κ1) is 21.8. The Hall–Kier alpha value is -2.94. The highest BCUT2D eigenvalue weighted by Crippen LogP contribution is 2.35. The van der Waals surface area contributed by atoms with Crippen LogP contribution < -0.4 is 0 Å². The maximum Gasteiger partial charge on any atom is 0.412 e. The lowest BCUT2D eigenvalue weighted by Crippen LogP contribution is -2.27. The van der Waals surface area contributed by atoms with Crippen molar-refractivity contribution < 1.29 is 22.7 Å². The van der Waals surface area contributed by atoms with Gasteiger partial charge in [0.1, 0.15) is 12.2 Å². The summed E-state index contributed by atoms with van der Waals surface area (Å²) in [4.78, 5) is 13.2. The topological polar surface area (TPSA) is 60.2 Å². The van der Waals surface area contributed by atoms with E-state index in [9.17, 15) is 18.0 Å². The third kappa shape index (κ3) is 5.56. The molecule has 6 nitrogen and oxygen atoms in total. The number of carbonyl (C=O) groups is 1. The van der Waals surface area contributed by atoms with Crippen molar-refractivity contribution >= 4 is 11.5 Å². The SMILES string of the molecule is COC(=O)CN(C)Cc1nncn1Cc1ccc(C2=CC=C(C(F)(F)F)CC2)cc1. The van der Waals surface area contributed by atoms with Crippen molar-refractivity contribution in [2.45, 2.75) is 32.1 Å². The Morgan fingerprint density at radius 2 is 1.93 bits per heavy atom. The van der Waals surface area contributed by atoms with Gasteiger partial charge >= 0.3 is 12.1 Å². The largest absolute Gasteiger partial charge is 0.468 e. The van der Waals surface area contributed by atoms with Crippen LogP contribution in [0, 0.1) is 0 Å². The van der Waals surface area contributed by atoms with Crippen molar-refractivity contribution in [3.63, 3.8) is 0 Å². The molecule has 160 valence electrons. The van der Waals surface area contributed by atoms with Crippen molar-refractivity contribution in [3.05, 3.63) is 65.3 Å². The number of halogens is 3. The number of ether oxygens (including phenoxy) is 1. The van der Waals surface area contributed by atoms with Gasteiger partial charge in [-0.05, 0) is 36.6 Å². The average Bonchev–Trinajstić information content (AvgIpc) is 3.14. The molecule has 30 heavy (non-hydrogen) atoms. The van der Waals surface area contributed by atoms with Gasteiger partial charge in [0.25, 0.3) is 0 Å². The maximum atomic E-state index is 12.8. The molecule has 1 aliphatic rings. The number of benzene rings is 1. The number of aromatic nitrogens is 3. The van der Waals surface area contributed by atoms with Crippen LogP contribution in [-0.2, 0) is 22.6 Å². The third-order valence-electron chi connectivity index (χ3n) is 4.92. The number of alkyl halides is 3. The van der Waals surface area contributed by atoms with Gasteiger partial charge in [-0.25, -0.2) is 0 Å². The minimum Gasteiger partial charge on any atom is -0.468 e. The van der Waals surface area contributed by atoms with E-state index >= 15 is 0 Å². The minimum atomic E-state index is -4.26. The van der Waals surface area contributed by atoms with E-state index in [2.05, 4.69) is 14.9 Å². The fourth-order valence-electron chi connectivity index (χ4n) is 3.25. The molecule has 0 atom stereocenters. The molecule has 2 aromatic rings. The van der Waals surface area contributed by atoms with Crippen molar-refractivity contribution in [2.75, 3.05) is 20.7 Å². The van der Waals surface area contributed by atoms with Crippen LogP contribution in [0.1, 0.15) is 29.8 Å². The summed E-state index contributed by atoms with van der Waals surface area (Å²) < 4.78 is 44.8. The van der Waals surface area contributed by atoms with Gasteiger partial charge in [-0.1, -0.05) is 36.4 Å². The Morgan fingerprint density at radius 1 is 1.20 bits per heavy atom. The van der Waals surface area contributed by atoms with Gasteiger partial charge in [0, 0.05) is 5.57 Å². The number of methoxy groups -OCH3 is 1. The Balaban J connectivity index is 1.65. The lowest BCUT2D eigenvalue weighted by molar-refractivity contribution is -0.141. The van der Waals surface area contributed by atoms with Crippen LogP contribution in [0.5, 0.6) is 0 Å². The highest BCUT2D eigenvalue weighted by atomic mass is 19.4. The minimum absolute atomic E-state index is 0.000241. The third-order valence-corrected chi connectivity index (χ3v) is 4.92. The van der Waals surface area contributed by atoms with Crippen LogP contribution >= 0.6 is 0 Å². The summed E-state index contributed by atoms with van der Waals surface area (Å²) in [7, 11) is 3.14. The van der Waals surface area contributed by atoms with E-state index in [1.54, 1.807) is 24.4 Å². The molecule has 3 rings (SSSR count). The van der Waals surface area contributed by atoms with E-state index in [-0.39, 0.29) is 18.9 Å². The van der Waals surface area contributed by atoms with Crippen LogP contribution in [0.2, 0.25) is 0 Å². The van der Waals surface area contributed by atoms with Gasteiger partial charge in [0.05, 0.1) is 26.7 Å². The first-order chi connectivity index (χ1) is 14.3. The molecule has 0 fully saturated rings. The summed E-state index contributed by atoms with van der Waals surface area (Å²) >= 11 is 0. The van der Waals surface area contributed by atoms with E-state index in [4.69, 9.17) is 0 Å². The number of rotatable bonds is 7. The number of allylic oxidation sites excluding steroid dienone is 4. The average molecular weight is 420 g/mol. The van der Waals surface area contributed by atoms with Gasteiger partial charge in [-0.15, -0.1) is 10.2 Å². The number of esters is 1. The van der Waals surface area contributed by atoms with E-state index in [1.807, 2.05) is 28.8 Å². The quantitative estimate of drug-likeness (QED) is 0.641. The number of likely N-dealkylation sites (N-methyl/N-ethyl adjacent to an activating group) is 1. The molecule has 0 N–H and O–H groups in total. The summed E-state index contributed by atoms with van der Waals surface area (Å²) in [6, 6.07) is 7.73. The second-order valence-corrected chi connectivity index (χ2v) is 7.20. The summed E-state index contributed by atoms with van der Waals surface area (Å²) in [5.74, 6) is 0.388. The molecule has 0 bridgehead atoms. The zero-order chi connectivity index (χ0) is 21.7. The number of nitrogens with zero attached hydrogens (tertiary/aromatic N) is 4. The molecule has 9 heteroatoms. The van der Waals surface area contributed by atoms with Gasteiger partial charge in [0.2, 0.25) is 0 Å². The molecule has 0 saturated heterocycles. The van der Waals surface area contributed by atoms with Crippen LogP contribution in [0.25, 0.3) is 5.57 Å². The summed E-state index contributed by atoms with van der Waals surface area (Å²) in [5.41, 5.74) is 2.33. The first-order valence-corrected chi connectivity index (χ1v) is 9.44. The highest BCUT2D eigenvalue weighted by molar-refractivity contribution is 5.71. The first-order valence-electron chi connectivity index (χ1n) is 9.44. The molecule has 0 amide bonds. The molecule has 1 aromatic heterocycles. The second kappa shape index (κ2) is 9.25. The van der Waals surface area contributed by atoms with Crippen molar-refractivity contribution in [1.82, 2.24) is 19.7 Å². The highest BCUT2D eigenvalue weighted by Gasteiger charge is 2.33. The standard InChI is InChI=1S/C21H23F3N4O2/c1-27(13-20(29)30-2)12-19-26-25-14-28(19)11-15-3-5-16(6-4-15)17-7-9-18(10-8-17)21(22,23)24/h3-7,9,14H,8,10-13H2,1-2H3. The monoisotopic (exact) mass is 420 g/mol. The zero-order valence-corrected chi connectivity index (χ0v) is 16.8. The fourth-order valence-corrected chi connectivity index (χ4v) is 3.25.